The lowest BCUT2D eigenvalue weighted by molar-refractivity contribution is 0.0697. The molecule has 0 saturated heterocycles. The Bertz CT molecular complexity index is 670. The number of hydrogen-bond acceptors (Lipinski definition) is 4. The number of nitrogens with zero attached hydrogens (tertiary/aromatic N) is 2. The Morgan fingerprint density at radius 3 is 2.63 bits per heavy atom. The molecule has 3 rings (SSSR count). The molecule has 0 spiro atoms. The number of carboxylic acid groups (broad SMARTS) is 1. The fraction of sp³-hybridized carbons (Fsp3) is 0.250. The summed E-state index contributed by atoms with van der Waals surface area (Å²) in [5.74, 6) is -0.953. The lowest BCUT2D eigenvalue weighted by Gasteiger charge is -2.03. The third-order valence-electron chi connectivity index (χ3n) is 2.89. The molecule has 1 aromatic carbocycles. The highest BCUT2D eigenvalue weighted by Crippen LogP contribution is 2.37. The summed E-state index contributed by atoms with van der Waals surface area (Å²) in [6.45, 7) is 0. The van der Waals surface area contributed by atoms with Crippen molar-refractivity contribution < 1.29 is 9.90 Å². The smallest absolute Gasteiger partial charge is 0.344 e. The standard InChI is InChI=1S/C12H11N3O3S/c16-10(17)7-1-5-9(6-2-7)19-12-14-13-11(18)15(12)8-3-4-8/h1-2,5-6,8H,3-4H2,(H,13,18)(H,16,17). The fourth-order valence-corrected chi connectivity index (χ4v) is 2.69. The molecule has 19 heavy (non-hydrogen) atoms. The molecule has 2 N–H and O–H groups in total. The van der Waals surface area contributed by atoms with E-state index in [1.165, 1.54) is 23.9 Å². The molecule has 1 heterocycles. The molecule has 0 unspecified atom stereocenters. The molecule has 1 aromatic heterocycles. The first-order valence-electron chi connectivity index (χ1n) is 5.83. The van der Waals surface area contributed by atoms with Crippen LogP contribution in [0.2, 0.25) is 0 Å². The van der Waals surface area contributed by atoms with Crippen LogP contribution in [-0.2, 0) is 0 Å². The molecule has 2 aromatic rings. The average molecular weight is 277 g/mol. The molecule has 0 radical (unpaired) electrons. The summed E-state index contributed by atoms with van der Waals surface area (Å²) >= 11 is 1.35. The van der Waals surface area contributed by atoms with Crippen LogP contribution in [0.4, 0.5) is 0 Å². The Hall–Kier alpha value is -2.02. The minimum absolute atomic E-state index is 0.188. The van der Waals surface area contributed by atoms with Crippen LogP contribution in [0.1, 0.15) is 29.2 Å². The zero-order valence-corrected chi connectivity index (χ0v) is 10.7. The first kappa shape index (κ1) is 12.0. The topological polar surface area (TPSA) is 88.0 Å². The molecule has 0 bridgehead atoms. The van der Waals surface area contributed by atoms with Crippen molar-refractivity contribution in [3.63, 3.8) is 0 Å². The zero-order valence-electron chi connectivity index (χ0n) is 9.87. The summed E-state index contributed by atoms with van der Waals surface area (Å²) in [5, 5.41) is 15.9. The molecule has 1 saturated carbocycles. The van der Waals surface area contributed by atoms with Crippen LogP contribution in [0.15, 0.2) is 39.1 Å². The molecule has 0 atom stereocenters. The highest BCUT2D eigenvalue weighted by Gasteiger charge is 2.28. The third kappa shape index (κ3) is 2.41. The van der Waals surface area contributed by atoms with E-state index in [9.17, 15) is 9.59 Å². The van der Waals surface area contributed by atoms with E-state index in [2.05, 4.69) is 10.2 Å². The van der Waals surface area contributed by atoms with Gasteiger partial charge in [-0.25, -0.2) is 14.7 Å². The van der Waals surface area contributed by atoms with Crippen LogP contribution >= 0.6 is 11.8 Å². The number of aromatic carboxylic acids is 1. The van der Waals surface area contributed by atoms with E-state index >= 15 is 0 Å². The summed E-state index contributed by atoms with van der Waals surface area (Å²) in [6.07, 6.45) is 2.01. The number of benzene rings is 1. The van der Waals surface area contributed by atoms with E-state index in [4.69, 9.17) is 5.11 Å². The lowest BCUT2D eigenvalue weighted by Crippen LogP contribution is -2.15. The first-order chi connectivity index (χ1) is 9.15. The van der Waals surface area contributed by atoms with Gasteiger partial charge in [0.05, 0.1) is 5.56 Å². The lowest BCUT2D eigenvalue weighted by atomic mass is 10.2. The van der Waals surface area contributed by atoms with Crippen molar-refractivity contribution in [3.8, 4) is 0 Å². The van der Waals surface area contributed by atoms with Gasteiger partial charge in [-0.15, -0.1) is 5.10 Å². The highest BCUT2D eigenvalue weighted by atomic mass is 32.2. The predicted octanol–water partition coefficient (Wildman–Crippen LogP) is 1.76. The number of H-pyrrole nitrogens is 1. The van der Waals surface area contributed by atoms with Gasteiger partial charge in [-0.2, -0.15) is 0 Å². The van der Waals surface area contributed by atoms with Gasteiger partial charge in [0.1, 0.15) is 0 Å². The molecule has 1 aliphatic rings. The van der Waals surface area contributed by atoms with E-state index in [-0.39, 0.29) is 17.3 Å². The van der Waals surface area contributed by atoms with Gasteiger partial charge in [0, 0.05) is 10.9 Å². The van der Waals surface area contributed by atoms with Crippen molar-refractivity contribution >= 4 is 17.7 Å². The van der Waals surface area contributed by atoms with Crippen LogP contribution < -0.4 is 5.69 Å². The Kier molecular flexibility index (Phi) is 2.90. The Balaban J connectivity index is 1.85. The van der Waals surface area contributed by atoms with Crippen LogP contribution in [0.5, 0.6) is 0 Å². The van der Waals surface area contributed by atoms with E-state index < -0.39 is 5.97 Å². The zero-order chi connectivity index (χ0) is 13.4. The van der Waals surface area contributed by atoms with E-state index in [0.717, 1.165) is 17.7 Å². The van der Waals surface area contributed by atoms with Crippen LogP contribution in [-0.4, -0.2) is 25.8 Å². The van der Waals surface area contributed by atoms with Gasteiger partial charge in [-0.1, -0.05) is 0 Å². The Morgan fingerprint density at radius 2 is 2.05 bits per heavy atom. The molecule has 7 heteroatoms. The van der Waals surface area contributed by atoms with Crippen molar-refractivity contribution in [2.24, 2.45) is 0 Å². The number of hydrogen-bond donors (Lipinski definition) is 2. The number of carboxylic acids is 1. The summed E-state index contributed by atoms with van der Waals surface area (Å²) in [4.78, 5) is 23.2. The number of aromatic amines is 1. The second-order valence-electron chi connectivity index (χ2n) is 4.34. The summed E-state index contributed by atoms with van der Waals surface area (Å²) in [6, 6.07) is 6.76. The molecular formula is C12H11N3O3S. The average Bonchev–Trinajstić information content (AvgIpc) is 3.16. The van der Waals surface area contributed by atoms with Crippen molar-refractivity contribution in [3.05, 3.63) is 40.3 Å². The molecule has 0 aliphatic heterocycles. The van der Waals surface area contributed by atoms with E-state index in [1.54, 1.807) is 16.7 Å². The molecule has 6 nitrogen and oxygen atoms in total. The minimum Gasteiger partial charge on any atom is -0.478 e. The van der Waals surface area contributed by atoms with E-state index in [1.807, 2.05) is 0 Å². The first-order valence-corrected chi connectivity index (χ1v) is 6.65. The largest absolute Gasteiger partial charge is 0.478 e. The summed E-state index contributed by atoms with van der Waals surface area (Å²) in [7, 11) is 0. The van der Waals surface area contributed by atoms with Gasteiger partial charge in [-0.05, 0) is 48.9 Å². The second kappa shape index (κ2) is 4.58. The molecule has 1 aliphatic carbocycles. The van der Waals surface area contributed by atoms with Crippen LogP contribution in [0.25, 0.3) is 0 Å². The molecule has 1 fully saturated rings. The SMILES string of the molecule is O=C(O)c1ccc(Sc2n[nH]c(=O)n2C2CC2)cc1. The van der Waals surface area contributed by atoms with Gasteiger partial charge >= 0.3 is 11.7 Å². The van der Waals surface area contributed by atoms with Gasteiger partial charge in [0.25, 0.3) is 0 Å². The fourth-order valence-electron chi connectivity index (χ4n) is 1.79. The van der Waals surface area contributed by atoms with Crippen LogP contribution in [0.3, 0.4) is 0 Å². The predicted molar refractivity (Wildman–Crippen MR) is 68.6 cm³/mol. The normalized spacial score (nSPS) is 14.5. The molecule has 0 amide bonds. The van der Waals surface area contributed by atoms with Crippen molar-refractivity contribution in [2.75, 3.05) is 0 Å². The van der Waals surface area contributed by atoms with E-state index in [0.29, 0.717) is 5.16 Å². The minimum atomic E-state index is -0.953. The van der Waals surface area contributed by atoms with Crippen molar-refractivity contribution in [1.29, 1.82) is 0 Å². The molecular weight excluding hydrogens is 266 g/mol. The maximum Gasteiger partial charge on any atom is 0.344 e. The van der Waals surface area contributed by atoms with Crippen molar-refractivity contribution in [2.45, 2.75) is 28.9 Å². The van der Waals surface area contributed by atoms with Gasteiger partial charge < -0.3 is 5.11 Å². The monoisotopic (exact) mass is 277 g/mol. The highest BCUT2D eigenvalue weighted by molar-refractivity contribution is 7.99. The quantitative estimate of drug-likeness (QED) is 0.889. The van der Waals surface area contributed by atoms with Gasteiger partial charge in [0.15, 0.2) is 5.16 Å². The summed E-state index contributed by atoms with van der Waals surface area (Å²) in [5.41, 5.74) is 0.0538. The van der Waals surface area contributed by atoms with Gasteiger partial charge in [-0.3, -0.25) is 4.57 Å². The third-order valence-corrected chi connectivity index (χ3v) is 3.87. The Morgan fingerprint density at radius 1 is 1.37 bits per heavy atom. The Labute approximate surface area is 112 Å². The second-order valence-corrected chi connectivity index (χ2v) is 5.38. The maximum absolute atomic E-state index is 11.6. The number of aromatic nitrogens is 3. The summed E-state index contributed by atoms with van der Waals surface area (Å²) < 4.78 is 1.66. The van der Waals surface area contributed by atoms with Crippen molar-refractivity contribution in [1.82, 2.24) is 14.8 Å². The van der Waals surface area contributed by atoms with Gasteiger partial charge in [0.2, 0.25) is 0 Å². The number of rotatable bonds is 4. The maximum atomic E-state index is 11.6. The number of carbonyl (C=O) groups is 1. The number of nitrogens with one attached hydrogen (secondary N) is 1. The van der Waals surface area contributed by atoms with Crippen LogP contribution in [0, 0.1) is 0 Å². The molecule has 98 valence electrons.